The first-order chi connectivity index (χ1) is 12.2. The Bertz CT molecular complexity index is 988. The summed E-state index contributed by atoms with van der Waals surface area (Å²) < 4.78 is 0. The monoisotopic (exact) mass is 349 g/mol. The quantitative estimate of drug-likeness (QED) is 0.708. The number of fused-ring (bicyclic) bond motifs is 2. The molecule has 0 radical (unpaired) electrons. The average molecular weight is 350 g/mol. The van der Waals surface area contributed by atoms with Crippen molar-refractivity contribution in [1.82, 2.24) is 14.9 Å². The number of halogens is 1. The van der Waals surface area contributed by atoms with Gasteiger partial charge in [0.1, 0.15) is 5.69 Å². The summed E-state index contributed by atoms with van der Waals surface area (Å²) in [6.45, 7) is 1.53. The van der Waals surface area contributed by atoms with Gasteiger partial charge in [-0.15, -0.1) is 0 Å². The van der Waals surface area contributed by atoms with E-state index in [1.807, 2.05) is 41.3 Å². The zero-order chi connectivity index (χ0) is 17.0. The van der Waals surface area contributed by atoms with Crippen molar-refractivity contribution in [3.05, 3.63) is 71.0 Å². The van der Waals surface area contributed by atoms with Gasteiger partial charge < -0.3 is 4.90 Å². The number of amides is 1. The molecule has 5 rings (SSSR count). The standard InChI is InChI=1S/C20H16ClN3O/c21-15-7-5-13(6-8-15)20-9-14(20)11-24(12-20)19(25)18-10-22-16-3-1-2-4-17(16)23-18/h1-8,10,14H,9,11-12H2. The van der Waals surface area contributed by atoms with Crippen molar-refractivity contribution in [3.63, 3.8) is 0 Å². The number of carbonyl (C=O) groups is 1. The number of hydrogen-bond donors (Lipinski definition) is 0. The lowest BCUT2D eigenvalue weighted by Gasteiger charge is -2.21. The normalized spacial score (nSPS) is 24.4. The highest BCUT2D eigenvalue weighted by Crippen LogP contribution is 2.59. The summed E-state index contributed by atoms with van der Waals surface area (Å²) in [7, 11) is 0. The van der Waals surface area contributed by atoms with E-state index in [4.69, 9.17) is 11.6 Å². The fourth-order valence-electron chi connectivity index (χ4n) is 4.09. The van der Waals surface area contributed by atoms with E-state index in [-0.39, 0.29) is 11.3 Å². The summed E-state index contributed by atoms with van der Waals surface area (Å²) in [5, 5.41) is 0.745. The molecule has 3 aromatic rings. The molecule has 1 aromatic heterocycles. The van der Waals surface area contributed by atoms with Gasteiger partial charge >= 0.3 is 0 Å². The molecule has 25 heavy (non-hydrogen) atoms. The number of aromatic nitrogens is 2. The van der Waals surface area contributed by atoms with E-state index < -0.39 is 0 Å². The van der Waals surface area contributed by atoms with Crippen LogP contribution in [0.3, 0.4) is 0 Å². The lowest BCUT2D eigenvalue weighted by atomic mass is 9.95. The Kier molecular flexibility index (Phi) is 3.13. The number of carbonyl (C=O) groups excluding carboxylic acids is 1. The third-order valence-corrected chi connectivity index (χ3v) is 5.77. The molecule has 2 aliphatic rings. The van der Waals surface area contributed by atoms with E-state index in [1.54, 1.807) is 6.20 Å². The minimum Gasteiger partial charge on any atom is -0.336 e. The molecule has 1 aliphatic carbocycles. The molecule has 5 heteroatoms. The Morgan fingerprint density at radius 2 is 1.88 bits per heavy atom. The van der Waals surface area contributed by atoms with Gasteiger partial charge in [-0.3, -0.25) is 9.78 Å². The number of hydrogen-bond acceptors (Lipinski definition) is 3. The van der Waals surface area contributed by atoms with Crippen LogP contribution in [0, 0.1) is 5.92 Å². The summed E-state index contributed by atoms with van der Waals surface area (Å²) >= 11 is 6.00. The largest absolute Gasteiger partial charge is 0.336 e. The second-order valence-electron chi connectivity index (χ2n) is 6.99. The zero-order valence-electron chi connectivity index (χ0n) is 13.5. The molecule has 2 fully saturated rings. The van der Waals surface area contributed by atoms with Gasteiger partial charge in [-0.2, -0.15) is 0 Å². The first-order valence-electron chi connectivity index (χ1n) is 8.43. The van der Waals surface area contributed by atoms with Crippen molar-refractivity contribution in [1.29, 1.82) is 0 Å². The molecule has 0 bridgehead atoms. The summed E-state index contributed by atoms with van der Waals surface area (Å²) in [4.78, 5) is 23.7. The van der Waals surface area contributed by atoms with Gasteiger partial charge in [0.2, 0.25) is 0 Å². The van der Waals surface area contributed by atoms with Crippen molar-refractivity contribution in [2.45, 2.75) is 11.8 Å². The van der Waals surface area contributed by atoms with E-state index in [2.05, 4.69) is 22.1 Å². The first-order valence-corrected chi connectivity index (χ1v) is 8.81. The molecule has 1 amide bonds. The zero-order valence-corrected chi connectivity index (χ0v) is 14.3. The molecule has 0 N–H and O–H groups in total. The van der Waals surface area contributed by atoms with Crippen LogP contribution in [0.25, 0.3) is 11.0 Å². The second kappa shape index (κ2) is 5.27. The van der Waals surface area contributed by atoms with Gasteiger partial charge in [0.15, 0.2) is 0 Å². The molecular weight excluding hydrogens is 334 g/mol. The first kappa shape index (κ1) is 14.8. The van der Waals surface area contributed by atoms with Gasteiger partial charge in [-0.25, -0.2) is 4.98 Å². The van der Waals surface area contributed by atoms with Crippen LogP contribution in [0.15, 0.2) is 54.7 Å². The van der Waals surface area contributed by atoms with E-state index in [9.17, 15) is 4.79 Å². The lowest BCUT2D eigenvalue weighted by Crippen LogP contribution is -2.33. The molecule has 4 nitrogen and oxygen atoms in total. The van der Waals surface area contributed by atoms with Gasteiger partial charge in [0.05, 0.1) is 17.2 Å². The fraction of sp³-hybridized carbons (Fsp3) is 0.250. The minimum atomic E-state index is -0.0289. The van der Waals surface area contributed by atoms with Crippen molar-refractivity contribution in [2.75, 3.05) is 13.1 Å². The molecule has 0 spiro atoms. The maximum atomic E-state index is 12.9. The molecule has 1 saturated carbocycles. The van der Waals surface area contributed by atoms with Crippen molar-refractivity contribution in [2.24, 2.45) is 5.92 Å². The number of benzene rings is 2. The number of para-hydroxylation sites is 2. The van der Waals surface area contributed by atoms with Crippen LogP contribution >= 0.6 is 11.6 Å². The Morgan fingerprint density at radius 1 is 1.12 bits per heavy atom. The summed E-state index contributed by atoms with van der Waals surface area (Å²) in [6, 6.07) is 15.7. The van der Waals surface area contributed by atoms with E-state index in [0.717, 1.165) is 35.6 Å². The fourth-order valence-corrected chi connectivity index (χ4v) is 4.21. The molecular formula is C20H16ClN3O. The third-order valence-electron chi connectivity index (χ3n) is 5.52. The molecule has 124 valence electrons. The lowest BCUT2D eigenvalue weighted by molar-refractivity contribution is 0.0766. The Labute approximate surface area is 150 Å². The number of nitrogens with zero attached hydrogens (tertiary/aromatic N) is 3. The van der Waals surface area contributed by atoms with Gasteiger partial charge in [0.25, 0.3) is 5.91 Å². The van der Waals surface area contributed by atoms with Gasteiger partial charge in [-0.05, 0) is 42.2 Å². The highest BCUT2D eigenvalue weighted by Gasteiger charge is 2.61. The van der Waals surface area contributed by atoms with Crippen LogP contribution in [0.2, 0.25) is 5.02 Å². The summed E-state index contributed by atoms with van der Waals surface area (Å²) in [6.07, 6.45) is 2.73. The number of rotatable bonds is 2. The molecule has 1 aliphatic heterocycles. The van der Waals surface area contributed by atoms with E-state index in [1.165, 1.54) is 5.56 Å². The maximum Gasteiger partial charge on any atom is 0.274 e. The van der Waals surface area contributed by atoms with Crippen LogP contribution in [0.1, 0.15) is 22.5 Å². The Balaban J connectivity index is 1.41. The average Bonchev–Trinajstić information content (AvgIpc) is 3.22. The topological polar surface area (TPSA) is 46.1 Å². The Morgan fingerprint density at radius 3 is 2.68 bits per heavy atom. The highest BCUT2D eigenvalue weighted by atomic mass is 35.5. The summed E-state index contributed by atoms with van der Waals surface area (Å²) in [5.74, 6) is 0.504. The minimum absolute atomic E-state index is 0.0289. The maximum absolute atomic E-state index is 12.9. The van der Waals surface area contributed by atoms with Gasteiger partial charge in [0, 0.05) is 23.5 Å². The van der Waals surface area contributed by atoms with Crippen LogP contribution in [-0.2, 0) is 5.41 Å². The predicted octanol–water partition coefficient (Wildman–Crippen LogP) is 3.70. The second-order valence-corrected chi connectivity index (χ2v) is 7.43. The smallest absolute Gasteiger partial charge is 0.274 e. The summed E-state index contributed by atoms with van der Waals surface area (Å²) in [5.41, 5.74) is 3.36. The molecule has 1 saturated heterocycles. The van der Waals surface area contributed by atoms with Crippen molar-refractivity contribution < 1.29 is 4.79 Å². The van der Waals surface area contributed by atoms with Gasteiger partial charge in [-0.1, -0.05) is 35.9 Å². The van der Waals surface area contributed by atoms with Crippen LogP contribution < -0.4 is 0 Å². The number of piperidine rings is 1. The molecule has 2 aromatic carbocycles. The molecule has 2 unspecified atom stereocenters. The van der Waals surface area contributed by atoms with Crippen LogP contribution in [0.4, 0.5) is 0 Å². The number of likely N-dealkylation sites (tertiary alicyclic amines) is 1. The third kappa shape index (κ3) is 2.32. The van der Waals surface area contributed by atoms with Crippen molar-refractivity contribution in [3.8, 4) is 0 Å². The molecule has 2 atom stereocenters. The van der Waals surface area contributed by atoms with Crippen molar-refractivity contribution >= 4 is 28.5 Å². The van der Waals surface area contributed by atoms with Crippen LogP contribution in [-0.4, -0.2) is 33.9 Å². The van der Waals surface area contributed by atoms with E-state index >= 15 is 0 Å². The Hall–Kier alpha value is -2.46. The van der Waals surface area contributed by atoms with E-state index in [0.29, 0.717) is 11.6 Å². The highest BCUT2D eigenvalue weighted by molar-refractivity contribution is 6.30. The predicted molar refractivity (Wildman–Crippen MR) is 96.7 cm³/mol. The van der Waals surface area contributed by atoms with Crippen LogP contribution in [0.5, 0.6) is 0 Å². The SMILES string of the molecule is O=C(c1cnc2ccccc2n1)N1CC2CC2(c2ccc(Cl)cc2)C1. The molecule has 2 heterocycles.